The lowest BCUT2D eigenvalue weighted by molar-refractivity contribution is 0.0826. The topological polar surface area (TPSA) is 51.5 Å². The second-order valence-electron chi connectivity index (χ2n) is 8.51. The number of benzene rings is 2. The van der Waals surface area contributed by atoms with Crippen LogP contribution in [0.4, 0.5) is 4.39 Å². The smallest absolute Gasteiger partial charge is 0.176 e. The average Bonchev–Trinajstić information content (AvgIpc) is 3.23. The summed E-state index contributed by atoms with van der Waals surface area (Å²) in [6, 6.07) is 14.0. The van der Waals surface area contributed by atoms with E-state index < -0.39 is 6.10 Å². The fourth-order valence-corrected chi connectivity index (χ4v) is 4.03. The zero-order valence-electron chi connectivity index (χ0n) is 18.2. The van der Waals surface area contributed by atoms with Gasteiger partial charge in [0.15, 0.2) is 11.9 Å². The number of ketones is 1. The average molecular weight is 451 g/mol. The summed E-state index contributed by atoms with van der Waals surface area (Å²) in [5.74, 6) is -0.0971. The van der Waals surface area contributed by atoms with Gasteiger partial charge in [-0.2, -0.15) is 0 Å². The van der Waals surface area contributed by atoms with E-state index in [9.17, 15) is 9.18 Å². The van der Waals surface area contributed by atoms with E-state index >= 15 is 0 Å². The molecule has 0 spiro atoms. The summed E-state index contributed by atoms with van der Waals surface area (Å²) >= 11 is 6.27. The normalized spacial score (nSPS) is 15.6. The van der Waals surface area contributed by atoms with Crippen LogP contribution in [-0.2, 0) is 4.84 Å². The molecule has 0 fully saturated rings. The minimum atomic E-state index is -0.409. The first-order chi connectivity index (χ1) is 15.3. The standard InChI is InChI=1S/C26H24ClFN2O2/c1-15(2)9-24(31)19-12-17(20-7-6-16(3)10-22(20)28)11-18(13-19)23-14-25(32-30-23)26-21(27)5-4-8-29-26/h4-8,10-13,15,25H,9,14H2,1-3H3. The van der Waals surface area contributed by atoms with Gasteiger partial charge in [-0.25, -0.2) is 4.39 Å². The maximum Gasteiger partial charge on any atom is 0.176 e. The Kier molecular flexibility index (Phi) is 6.38. The number of rotatable bonds is 6. The van der Waals surface area contributed by atoms with Crippen molar-refractivity contribution in [2.45, 2.75) is 39.7 Å². The second-order valence-corrected chi connectivity index (χ2v) is 8.92. The Bertz CT molecular complexity index is 1210. The molecule has 32 heavy (non-hydrogen) atoms. The minimum absolute atomic E-state index is 0.0134. The van der Waals surface area contributed by atoms with Gasteiger partial charge < -0.3 is 4.84 Å². The van der Waals surface area contributed by atoms with E-state index in [0.717, 1.165) is 11.1 Å². The van der Waals surface area contributed by atoms with Crippen LogP contribution >= 0.6 is 11.6 Å². The van der Waals surface area contributed by atoms with Gasteiger partial charge in [0.1, 0.15) is 11.5 Å². The maximum atomic E-state index is 14.8. The van der Waals surface area contributed by atoms with E-state index in [1.54, 1.807) is 30.5 Å². The summed E-state index contributed by atoms with van der Waals surface area (Å²) in [5, 5.41) is 4.76. The number of pyridine rings is 1. The molecule has 0 aliphatic carbocycles. The van der Waals surface area contributed by atoms with Crippen molar-refractivity contribution in [1.29, 1.82) is 0 Å². The van der Waals surface area contributed by atoms with E-state index in [4.69, 9.17) is 16.4 Å². The van der Waals surface area contributed by atoms with E-state index in [2.05, 4.69) is 10.1 Å². The Labute approximate surface area is 192 Å². The fraction of sp³-hybridized carbons (Fsp3) is 0.269. The highest BCUT2D eigenvalue weighted by Gasteiger charge is 2.28. The second kappa shape index (κ2) is 9.21. The molecule has 2 heterocycles. The van der Waals surface area contributed by atoms with Gasteiger partial charge in [0.05, 0.1) is 10.7 Å². The molecular weight excluding hydrogens is 427 g/mol. The van der Waals surface area contributed by atoms with Crippen molar-refractivity contribution < 1.29 is 14.0 Å². The Morgan fingerprint density at radius 3 is 2.69 bits per heavy atom. The highest BCUT2D eigenvalue weighted by molar-refractivity contribution is 6.31. The lowest BCUT2D eigenvalue weighted by Crippen LogP contribution is -2.08. The molecule has 3 aromatic rings. The maximum absolute atomic E-state index is 14.8. The summed E-state index contributed by atoms with van der Waals surface area (Å²) in [5.41, 5.74) is 4.46. The predicted octanol–water partition coefficient (Wildman–Crippen LogP) is 6.94. The third-order valence-corrected chi connectivity index (χ3v) is 5.70. The summed E-state index contributed by atoms with van der Waals surface area (Å²) in [4.78, 5) is 22.8. The molecule has 6 heteroatoms. The highest BCUT2D eigenvalue weighted by atomic mass is 35.5. The van der Waals surface area contributed by atoms with Crippen molar-refractivity contribution in [1.82, 2.24) is 4.98 Å². The number of oxime groups is 1. The quantitative estimate of drug-likeness (QED) is 0.382. The van der Waals surface area contributed by atoms with Gasteiger partial charge in [-0.3, -0.25) is 9.78 Å². The summed E-state index contributed by atoms with van der Waals surface area (Å²) in [6.07, 6.45) is 2.11. The molecule has 0 saturated heterocycles. The van der Waals surface area contributed by atoms with Gasteiger partial charge in [-0.1, -0.05) is 42.7 Å². The van der Waals surface area contributed by atoms with Gasteiger partial charge >= 0.3 is 0 Å². The van der Waals surface area contributed by atoms with Gasteiger partial charge in [0.25, 0.3) is 0 Å². The van der Waals surface area contributed by atoms with E-state index in [1.807, 2.05) is 39.0 Å². The van der Waals surface area contributed by atoms with Crippen LogP contribution in [-0.4, -0.2) is 16.5 Å². The number of aryl methyl sites for hydroxylation is 1. The number of aromatic nitrogens is 1. The van der Waals surface area contributed by atoms with Gasteiger partial charge in [-0.05, 0) is 60.4 Å². The van der Waals surface area contributed by atoms with Crippen LogP contribution in [0, 0.1) is 18.7 Å². The molecule has 0 amide bonds. The number of carbonyl (C=O) groups is 1. The third-order valence-electron chi connectivity index (χ3n) is 5.38. The molecule has 0 saturated carbocycles. The van der Waals surface area contributed by atoms with Crippen LogP contribution in [0.25, 0.3) is 11.1 Å². The van der Waals surface area contributed by atoms with E-state index in [-0.39, 0.29) is 17.5 Å². The van der Waals surface area contributed by atoms with Crippen molar-refractivity contribution in [3.8, 4) is 11.1 Å². The minimum Gasteiger partial charge on any atom is -0.385 e. The first-order valence-corrected chi connectivity index (χ1v) is 11.0. The summed E-state index contributed by atoms with van der Waals surface area (Å²) in [6.45, 7) is 5.84. The molecule has 4 nitrogen and oxygen atoms in total. The molecule has 1 aromatic heterocycles. The van der Waals surface area contributed by atoms with Crippen molar-refractivity contribution in [3.63, 3.8) is 0 Å². The highest BCUT2D eigenvalue weighted by Crippen LogP contribution is 2.34. The van der Waals surface area contributed by atoms with Gasteiger partial charge in [-0.15, -0.1) is 0 Å². The molecule has 4 rings (SSSR count). The first-order valence-electron chi connectivity index (χ1n) is 10.6. The first kappa shape index (κ1) is 22.2. The number of halogens is 2. The Morgan fingerprint density at radius 2 is 1.97 bits per heavy atom. The van der Waals surface area contributed by atoms with E-state index in [0.29, 0.717) is 46.0 Å². The molecular formula is C26H24ClFN2O2. The summed E-state index contributed by atoms with van der Waals surface area (Å²) < 4.78 is 14.8. The van der Waals surface area contributed by atoms with Gasteiger partial charge in [0, 0.05) is 35.7 Å². The molecule has 1 aliphatic heterocycles. The summed E-state index contributed by atoms with van der Waals surface area (Å²) in [7, 11) is 0. The molecule has 1 unspecified atom stereocenters. The molecule has 0 bridgehead atoms. The van der Waals surface area contributed by atoms with Crippen LogP contribution in [0.1, 0.15) is 60.0 Å². The zero-order chi connectivity index (χ0) is 22.8. The largest absolute Gasteiger partial charge is 0.385 e. The predicted molar refractivity (Wildman–Crippen MR) is 125 cm³/mol. The SMILES string of the molecule is Cc1ccc(-c2cc(C(=O)CC(C)C)cc(C3=NOC(c4ncccc4Cl)C3)c2)c(F)c1. The van der Waals surface area contributed by atoms with Crippen LogP contribution in [0.2, 0.25) is 5.02 Å². The number of Topliss-reactive ketones (excluding diaryl/α,β-unsaturated/α-hetero) is 1. The molecule has 1 aliphatic rings. The van der Waals surface area contributed by atoms with Crippen molar-refractivity contribution in [3.05, 3.63) is 88.0 Å². The third kappa shape index (κ3) is 4.73. The fourth-order valence-electron chi connectivity index (χ4n) is 3.78. The number of hydrogen-bond donors (Lipinski definition) is 0. The number of hydrogen-bond acceptors (Lipinski definition) is 4. The van der Waals surface area contributed by atoms with Crippen molar-refractivity contribution in [2.75, 3.05) is 0 Å². The van der Waals surface area contributed by atoms with Crippen LogP contribution in [0.15, 0.2) is 59.9 Å². The molecule has 1 atom stereocenters. The Morgan fingerprint density at radius 1 is 1.19 bits per heavy atom. The van der Waals surface area contributed by atoms with Crippen molar-refractivity contribution >= 4 is 23.1 Å². The monoisotopic (exact) mass is 450 g/mol. The van der Waals surface area contributed by atoms with Gasteiger partial charge in [0.2, 0.25) is 0 Å². The van der Waals surface area contributed by atoms with Crippen LogP contribution in [0.5, 0.6) is 0 Å². The molecule has 2 aromatic carbocycles. The van der Waals surface area contributed by atoms with Crippen LogP contribution < -0.4 is 0 Å². The lowest BCUT2D eigenvalue weighted by Gasteiger charge is -2.12. The molecule has 0 radical (unpaired) electrons. The molecule has 164 valence electrons. The number of nitrogens with zero attached hydrogens (tertiary/aromatic N) is 2. The zero-order valence-corrected chi connectivity index (χ0v) is 19.0. The Balaban J connectivity index is 1.73. The van der Waals surface area contributed by atoms with Crippen LogP contribution in [0.3, 0.4) is 0 Å². The Hall–Kier alpha value is -3.05. The molecule has 0 N–H and O–H groups in total. The van der Waals surface area contributed by atoms with E-state index in [1.165, 1.54) is 6.07 Å². The van der Waals surface area contributed by atoms with Crippen molar-refractivity contribution in [2.24, 2.45) is 11.1 Å². The number of carbonyl (C=O) groups excluding carboxylic acids is 1. The lowest BCUT2D eigenvalue weighted by atomic mass is 9.92.